The molecule has 13 heteroatoms. The maximum absolute atomic E-state index is 12.8. The standard InChI is InChI=1S/C23H27NO5.C23H29NO4.2H2S/c1-4-27-21(25)16-28-20-12-8-9-18(15-20)17(2)24-14-13-23(3,29-22(24)26)19-10-6-5-7-11-19;1-17(18-9-8-12-20(15-18)27-16-22(2,3)26)24-14-13-23(4,28-21(24)25)19-10-6-5-7-11-19;;/h5-12,15,17H,4,13-14,16H2,1-3H3;5-12,15,17,26H,13-14,16H2,1-4H3;2*1H2/t2*17-,23?;;/m00../s1. The zero-order chi connectivity index (χ0) is 41.2. The summed E-state index contributed by atoms with van der Waals surface area (Å²) in [6, 6.07) is 34.4. The summed E-state index contributed by atoms with van der Waals surface area (Å²) in [5.74, 6) is 0.818. The molecular weight excluding hydrogens is 789 g/mol. The summed E-state index contributed by atoms with van der Waals surface area (Å²) in [6.07, 6.45) is 0.773. The van der Waals surface area contributed by atoms with Gasteiger partial charge in [-0.25, -0.2) is 14.4 Å². The highest BCUT2D eigenvalue weighted by Crippen LogP contribution is 2.38. The summed E-state index contributed by atoms with van der Waals surface area (Å²) in [5.41, 5.74) is 1.75. The Kier molecular flexibility index (Phi) is 17.6. The number of carbonyl (C=O) groups excluding carboxylic acids is 3. The van der Waals surface area contributed by atoms with Crippen molar-refractivity contribution in [2.24, 2.45) is 0 Å². The Morgan fingerprint density at radius 1 is 0.712 bits per heavy atom. The van der Waals surface area contributed by atoms with E-state index in [1.165, 1.54) is 0 Å². The number of cyclic esters (lactones) is 2. The van der Waals surface area contributed by atoms with E-state index >= 15 is 0 Å². The van der Waals surface area contributed by atoms with Gasteiger partial charge >= 0.3 is 18.2 Å². The van der Waals surface area contributed by atoms with Crippen LogP contribution < -0.4 is 9.47 Å². The van der Waals surface area contributed by atoms with E-state index in [1.807, 2.05) is 131 Å². The van der Waals surface area contributed by atoms with Crippen molar-refractivity contribution < 1.29 is 43.2 Å². The van der Waals surface area contributed by atoms with Crippen LogP contribution in [0, 0.1) is 0 Å². The normalized spacial score (nSPS) is 19.9. The van der Waals surface area contributed by atoms with Crippen LogP contribution >= 0.6 is 27.0 Å². The predicted octanol–water partition coefficient (Wildman–Crippen LogP) is 9.33. The quantitative estimate of drug-likeness (QED) is 0.104. The molecule has 1 N–H and O–H groups in total. The van der Waals surface area contributed by atoms with Crippen molar-refractivity contribution in [2.75, 3.05) is 32.9 Å². The molecule has 0 saturated carbocycles. The largest absolute Gasteiger partial charge is 0.491 e. The first kappa shape index (κ1) is 48.5. The number of rotatable bonds is 13. The topological polar surface area (TPSA) is 124 Å². The predicted molar refractivity (Wildman–Crippen MR) is 238 cm³/mol. The Morgan fingerprint density at radius 2 is 1.14 bits per heavy atom. The fraction of sp³-hybridized carbons (Fsp3) is 0.413. The summed E-state index contributed by atoms with van der Waals surface area (Å²) in [6.45, 7) is 14.6. The van der Waals surface area contributed by atoms with E-state index in [2.05, 4.69) is 0 Å². The Morgan fingerprint density at radius 3 is 1.53 bits per heavy atom. The Labute approximate surface area is 362 Å². The van der Waals surface area contributed by atoms with Gasteiger partial charge in [-0.05, 0) is 95.0 Å². The van der Waals surface area contributed by atoms with Crippen molar-refractivity contribution in [2.45, 2.75) is 90.2 Å². The van der Waals surface area contributed by atoms with Crippen LogP contribution in [0.3, 0.4) is 0 Å². The molecule has 2 aliphatic rings. The molecule has 0 aromatic heterocycles. The molecule has 4 aromatic carbocycles. The van der Waals surface area contributed by atoms with Gasteiger partial charge in [0.05, 0.1) is 24.3 Å². The Bertz CT molecular complexity index is 1960. The van der Waals surface area contributed by atoms with Gasteiger partial charge in [0.25, 0.3) is 0 Å². The van der Waals surface area contributed by atoms with Crippen molar-refractivity contribution in [3.63, 3.8) is 0 Å². The van der Waals surface area contributed by atoms with Crippen molar-refractivity contribution in [1.29, 1.82) is 0 Å². The van der Waals surface area contributed by atoms with Crippen LogP contribution in [0.5, 0.6) is 11.5 Å². The lowest BCUT2D eigenvalue weighted by atomic mass is 9.90. The van der Waals surface area contributed by atoms with Crippen LogP contribution in [0.4, 0.5) is 9.59 Å². The molecule has 59 heavy (non-hydrogen) atoms. The van der Waals surface area contributed by atoms with Crippen LogP contribution in [-0.4, -0.2) is 71.6 Å². The number of benzene rings is 4. The molecule has 2 heterocycles. The summed E-state index contributed by atoms with van der Waals surface area (Å²) < 4.78 is 27.8. The average Bonchev–Trinajstić information content (AvgIpc) is 3.20. The number of aliphatic hydroxyl groups is 1. The molecule has 6 rings (SSSR count). The minimum atomic E-state index is -0.903. The molecule has 11 nitrogen and oxygen atoms in total. The molecule has 0 bridgehead atoms. The smallest absolute Gasteiger partial charge is 0.411 e. The van der Waals surface area contributed by atoms with Gasteiger partial charge in [-0.3, -0.25) is 0 Å². The summed E-state index contributed by atoms with van der Waals surface area (Å²) in [5, 5.41) is 9.84. The Balaban J connectivity index is 0.000000305. The molecule has 0 aliphatic carbocycles. The van der Waals surface area contributed by atoms with Gasteiger partial charge in [0, 0.05) is 25.9 Å². The fourth-order valence-corrected chi connectivity index (χ4v) is 6.84. The number of hydrogen-bond donors (Lipinski definition) is 1. The third-order valence-electron chi connectivity index (χ3n) is 10.4. The van der Waals surface area contributed by atoms with Crippen LogP contribution in [0.15, 0.2) is 109 Å². The number of nitrogens with zero attached hydrogens (tertiary/aromatic N) is 2. The fourth-order valence-electron chi connectivity index (χ4n) is 6.84. The number of amides is 2. The Hall–Kier alpha value is -4.85. The van der Waals surface area contributed by atoms with Gasteiger partial charge in [-0.15, -0.1) is 0 Å². The van der Waals surface area contributed by atoms with E-state index in [4.69, 9.17) is 23.7 Å². The van der Waals surface area contributed by atoms with Crippen molar-refractivity contribution in [1.82, 2.24) is 9.80 Å². The van der Waals surface area contributed by atoms with Gasteiger partial charge in [0.2, 0.25) is 0 Å². The van der Waals surface area contributed by atoms with Gasteiger partial charge in [0.1, 0.15) is 29.3 Å². The monoisotopic (exact) mass is 848 g/mol. The highest BCUT2D eigenvalue weighted by Gasteiger charge is 2.41. The molecule has 2 fully saturated rings. The zero-order valence-corrected chi connectivity index (χ0v) is 37.1. The second-order valence-electron chi connectivity index (χ2n) is 15.5. The van der Waals surface area contributed by atoms with Gasteiger partial charge in [0.15, 0.2) is 6.61 Å². The number of carbonyl (C=O) groups is 3. The van der Waals surface area contributed by atoms with Crippen molar-refractivity contribution in [3.8, 4) is 11.5 Å². The van der Waals surface area contributed by atoms with E-state index in [9.17, 15) is 19.5 Å². The summed E-state index contributed by atoms with van der Waals surface area (Å²) in [4.78, 5) is 40.5. The van der Waals surface area contributed by atoms with E-state index in [-0.39, 0.29) is 64.5 Å². The maximum Gasteiger partial charge on any atom is 0.411 e. The lowest BCUT2D eigenvalue weighted by Gasteiger charge is -2.41. The van der Waals surface area contributed by atoms with Crippen LogP contribution in [0.25, 0.3) is 0 Å². The third-order valence-corrected chi connectivity index (χ3v) is 10.4. The van der Waals surface area contributed by atoms with E-state index < -0.39 is 22.8 Å². The molecular formula is C46H60N2O9S2. The van der Waals surface area contributed by atoms with E-state index in [1.54, 1.807) is 36.6 Å². The van der Waals surface area contributed by atoms with Gasteiger partial charge in [-0.2, -0.15) is 27.0 Å². The number of hydrogen-bond acceptors (Lipinski definition) is 9. The van der Waals surface area contributed by atoms with Gasteiger partial charge in [-0.1, -0.05) is 84.9 Å². The molecule has 320 valence electrons. The SMILES string of the molecule is CCOC(=O)COc1cccc([C@H](C)N2CCC(C)(c3ccccc3)OC2=O)c1.C[C@@H](c1cccc(OCC(C)(C)O)c1)N1CCC(C)(c2ccccc2)OC1=O.S.S. The van der Waals surface area contributed by atoms with Crippen LogP contribution in [0.2, 0.25) is 0 Å². The molecule has 4 atom stereocenters. The molecule has 0 spiro atoms. The van der Waals surface area contributed by atoms with Crippen LogP contribution in [-0.2, 0) is 30.2 Å². The molecule has 2 aliphatic heterocycles. The zero-order valence-electron chi connectivity index (χ0n) is 35.1. The second-order valence-corrected chi connectivity index (χ2v) is 15.5. The number of esters is 1. The lowest BCUT2D eigenvalue weighted by Crippen LogP contribution is -2.47. The lowest BCUT2D eigenvalue weighted by molar-refractivity contribution is -0.145. The van der Waals surface area contributed by atoms with Gasteiger partial charge < -0.3 is 38.6 Å². The number of ether oxygens (including phenoxy) is 5. The van der Waals surface area contributed by atoms with Crippen molar-refractivity contribution in [3.05, 3.63) is 131 Å². The molecule has 4 aromatic rings. The highest BCUT2D eigenvalue weighted by atomic mass is 32.1. The first-order valence-corrected chi connectivity index (χ1v) is 19.5. The minimum absolute atomic E-state index is 0. The molecule has 2 saturated heterocycles. The third kappa shape index (κ3) is 13.1. The van der Waals surface area contributed by atoms with E-state index in [0.717, 1.165) is 28.7 Å². The summed E-state index contributed by atoms with van der Waals surface area (Å²) >= 11 is 0. The molecule has 0 radical (unpaired) electrons. The second kappa shape index (κ2) is 21.4. The minimum Gasteiger partial charge on any atom is -0.491 e. The van der Waals surface area contributed by atoms with Crippen LogP contribution in [0.1, 0.15) is 95.6 Å². The summed E-state index contributed by atoms with van der Waals surface area (Å²) in [7, 11) is 0. The first-order valence-electron chi connectivity index (χ1n) is 19.5. The first-order chi connectivity index (χ1) is 27.1. The van der Waals surface area contributed by atoms with E-state index in [0.29, 0.717) is 37.6 Å². The highest BCUT2D eigenvalue weighted by molar-refractivity contribution is 7.59. The van der Waals surface area contributed by atoms with Crippen molar-refractivity contribution >= 4 is 45.1 Å². The molecule has 2 unspecified atom stereocenters. The maximum atomic E-state index is 12.8. The molecule has 2 amide bonds. The average molecular weight is 849 g/mol.